The van der Waals surface area contributed by atoms with E-state index in [1.54, 1.807) is 0 Å². The van der Waals surface area contributed by atoms with Crippen LogP contribution in [0.4, 0.5) is 8.78 Å². The van der Waals surface area contributed by atoms with Gasteiger partial charge in [0.15, 0.2) is 0 Å². The van der Waals surface area contributed by atoms with Crippen molar-refractivity contribution in [1.82, 2.24) is 9.80 Å². The number of nitrogens with zero attached hydrogens (tertiary/aromatic N) is 2. The van der Waals surface area contributed by atoms with Gasteiger partial charge >= 0.3 is 0 Å². The lowest BCUT2D eigenvalue weighted by Gasteiger charge is -2.41. The lowest BCUT2D eigenvalue weighted by Crippen LogP contribution is -2.49. The number of hydrogen-bond donors (Lipinski definition) is 0. The number of ether oxygens (including phenoxy) is 1. The number of fused-ring (bicyclic) bond motifs is 5. The number of amides is 1. The molecule has 34 heavy (non-hydrogen) atoms. The zero-order chi connectivity index (χ0) is 23.8. The summed E-state index contributed by atoms with van der Waals surface area (Å²) in [4.78, 5) is 18.1. The van der Waals surface area contributed by atoms with Gasteiger partial charge in [0.05, 0.1) is 12.0 Å². The second-order valence-electron chi connectivity index (χ2n) is 11.5. The van der Waals surface area contributed by atoms with Gasteiger partial charge in [0.2, 0.25) is 5.91 Å². The number of benzene rings is 2. The van der Waals surface area contributed by atoms with Crippen LogP contribution in [0.15, 0.2) is 42.5 Å². The third-order valence-corrected chi connectivity index (χ3v) is 8.75. The molecule has 3 saturated heterocycles. The maximum Gasteiger partial charge on any atom is 0.227 e. The number of halogens is 2. The molecule has 2 aromatic rings. The molecule has 3 fully saturated rings. The first kappa shape index (κ1) is 22.2. The fraction of sp³-hybridized carbons (Fsp3) is 0.536. The molecule has 0 N–H and O–H groups in total. The van der Waals surface area contributed by atoms with Crippen LogP contribution in [0.5, 0.6) is 0 Å². The van der Waals surface area contributed by atoms with Crippen molar-refractivity contribution in [3.8, 4) is 0 Å². The van der Waals surface area contributed by atoms with Crippen LogP contribution in [0.1, 0.15) is 62.3 Å². The Bertz CT molecular complexity index is 1140. The maximum atomic E-state index is 14.8. The summed E-state index contributed by atoms with van der Waals surface area (Å²) >= 11 is 0. The van der Waals surface area contributed by atoms with Crippen molar-refractivity contribution in [2.75, 3.05) is 26.2 Å². The molecule has 3 aliphatic heterocycles. The van der Waals surface area contributed by atoms with Crippen molar-refractivity contribution in [3.05, 3.63) is 70.8 Å². The van der Waals surface area contributed by atoms with Crippen LogP contribution in [-0.4, -0.2) is 53.5 Å². The van der Waals surface area contributed by atoms with Gasteiger partial charge in [0.1, 0.15) is 17.7 Å². The maximum absolute atomic E-state index is 14.8. The van der Waals surface area contributed by atoms with Gasteiger partial charge in [-0.25, -0.2) is 8.78 Å². The summed E-state index contributed by atoms with van der Waals surface area (Å²) in [5.74, 6) is -1.68. The first-order chi connectivity index (χ1) is 16.2. The van der Waals surface area contributed by atoms with Gasteiger partial charge < -0.3 is 9.64 Å². The Labute approximate surface area is 199 Å². The summed E-state index contributed by atoms with van der Waals surface area (Å²) in [6.07, 6.45) is 2.25. The van der Waals surface area contributed by atoms with E-state index in [1.165, 1.54) is 23.3 Å². The molecule has 2 aromatic carbocycles. The molecule has 1 spiro atoms. The van der Waals surface area contributed by atoms with Crippen molar-refractivity contribution in [1.29, 1.82) is 0 Å². The summed E-state index contributed by atoms with van der Waals surface area (Å²) in [7, 11) is 0. The van der Waals surface area contributed by atoms with E-state index < -0.39 is 11.6 Å². The molecule has 6 heteroatoms. The minimum atomic E-state index is -0.589. The lowest BCUT2D eigenvalue weighted by atomic mass is 9.72. The average Bonchev–Trinajstić information content (AvgIpc) is 3.42. The lowest BCUT2D eigenvalue weighted by molar-refractivity contribution is -0.137. The smallest absolute Gasteiger partial charge is 0.227 e. The molecule has 6 rings (SSSR count). The molecule has 1 aliphatic carbocycles. The van der Waals surface area contributed by atoms with Gasteiger partial charge in [0, 0.05) is 49.1 Å². The Morgan fingerprint density at radius 1 is 1.03 bits per heavy atom. The Balaban J connectivity index is 1.24. The number of carbonyl (C=O) groups is 1. The van der Waals surface area contributed by atoms with Crippen molar-refractivity contribution >= 4 is 5.91 Å². The molecule has 2 unspecified atom stereocenters. The molecule has 180 valence electrons. The molecule has 1 amide bonds. The normalized spacial score (nSPS) is 29.9. The zero-order valence-electron chi connectivity index (χ0n) is 20.1. The van der Waals surface area contributed by atoms with E-state index in [-0.39, 0.29) is 40.9 Å². The van der Waals surface area contributed by atoms with Crippen LogP contribution in [0, 0.1) is 17.6 Å². The van der Waals surface area contributed by atoms with Gasteiger partial charge in [-0.1, -0.05) is 30.3 Å². The highest BCUT2D eigenvalue weighted by atomic mass is 19.1. The minimum Gasteiger partial charge on any atom is -0.364 e. The highest BCUT2D eigenvalue weighted by Gasteiger charge is 2.63. The number of likely N-dealkylation sites (tertiary alicyclic amines) is 2. The minimum absolute atomic E-state index is 0.00757. The van der Waals surface area contributed by atoms with Gasteiger partial charge in [0.25, 0.3) is 0 Å². The van der Waals surface area contributed by atoms with Crippen molar-refractivity contribution in [2.24, 2.45) is 5.92 Å². The van der Waals surface area contributed by atoms with Gasteiger partial charge in [-0.05, 0) is 56.4 Å². The Kier molecular flexibility index (Phi) is 4.95. The molecule has 0 bridgehead atoms. The topological polar surface area (TPSA) is 36.1 Å². The highest BCUT2D eigenvalue weighted by molar-refractivity contribution is 5.81. The van der Waals surface area contributed by atoms with E-state index in [4.69, 9.17) is 4.74 Å². The zero-order valence-corrected chi connectivity index (χ0v) is 20.1. The van der Waals surface area contributed by atoms with E-state index in [1.807, 2.05) is 4.90 Å². The summed E-state index contributed by atoms with van der Waals surface area (Å²) in [5, 5.41) is 0. The fourth-order valence-electron chi connectivity index (χ4n) is 6.75. The Morgan fingerprint density at radius 2 is 1.76 bits per heavy atom. The summed E-state index contributed by atoms with van der Waals surface area (Å²) in [6.45, 7) is 8.90. The molecule has 4 aliphatic rings. The molecule has 4 nitrogen and oxygen atoms in total. The average molecular weight is 467 g/mol. The van der Waals surface area contributed by atoms with Crippen LogP contribution >= 0.6 is 0 Å². The van der Waals surface area contributed by atoms with E-state index in [9.17, 15) is 13.6 Å². The molecule has 0 radical (unpaired) electrons. The number of carbonyl (C=O) groups excluding carboxylic acids is 1. The molecular weight excluding hydrogens is 434 g/mol. The Morgan fingerprint density at radius 3 is 2.47 bits per heavy atom. The molecule has 0 aromatic heterocycles. The third-order valence-electron chi connectivity index (χ3n) is 8.75. The molecule has 3 heterocycles. The number of hydrogen-bond acceptors (Lipinski definition) is 3. The van der Waals surface area contributed by atoms with Crippen LogP contribution in [0.3, 0.4) is 0 Å². The highest BCUT2D eigenvalue weighted by Crippen LogP contribution is 2.62. The first-order valence-corrected chi connectivity index (χ1v) is 12.4. The van der Waals surface area contributed by atoms with Gasteiger partial charge in [-0.3, -0.25) is 9.69 Å². The number of epoxide rings is 1. The van der Waals surface area contributed by atoms with Crippen LogP contribution in [0.2, 0.25) is 0 Å². The molecular formula is C28H32F2N2O2. The monoisotopic (exact) mass is 466 g/mol. The Hall–Kier alpha value is -2.31. The largest absolute Gasteiger partial charge is 0.364 e. The molecule has 0 saturated carbocycles. The van der Waals surface area contributed by atoms with E-state index >= 15 is 0 Å². The van der Waals surface area contributed by atoms with E-state index in [2.05, 4.69) is 49.9 Å². The SMILES string of the molecule is CC(C)(C)N1C[C@@H](C(=O)N2CCC3(CC2)c2ccccc2C2OC23)[C@H](c2ccc(F)cc2F)C1. The van der Waals surface area contributed by atoms with Gasteiger partial charge in [-0.15, -0.1) is 0 Å². The van der Waals surface area contributed by atoms with Crippen molar-refractivity contribution in [2.45, 2.75) is 62.7 Å². The number of piperidine rings is 1. The second-order valence-corrected chi connectivity index (χ2v) is 11.5. The second kappa shape index (κ2) is 7.59. The standard InChI is InChI=1S/C28H32F2N2O2/c1-27(2,3)32-15-20(18-9-8-17(29)14-23(18)30)21(16-32)26(33)31-12-10-28(11-13-31)22-7-5-4-6-19(22)24-25(28)34-24/h4-9,14,20-21,24-25H,10-13,15-16H2,1-3H3/t20-,21+,24?,25?/m0/s1. The summed E-state index contributed by atoms with van der Waals surface area (Å²) < 4.78 is 34.4. The summed E-state index contributed by atoms with van der Waals surface area (Å²) in [6, 6.07) is 12.3. The predicted molar refractivity (Wildman–Crippen MR) is 125 cm³/mol. The quantitative estimate of drug-likeness (QED) is 0.597. The van der Waals surface area contributed by atoms with E-state index in [0.29, 0.717) is 31.7 Å². The van der Waals surface area contributed by atoms with Crippen LogP contribution in [-0.2, 0) is 14.9 Å². The summed E-state index contributed by atoms with van der Waals surface area (Å²) in [5.41, 5.74) is 3.03. The number of rotatable bonds is 2. The fourth-order valence-corrected chi connectivity index (χ4v) is 6.75. The van der Waals surface area contributed by atoms with Crippen molar-refractivity contribution < 1.29 is 18.3 Å². The van der Waals surface area contributed by atoms with Crippen molar-refractivity contribution in [3.63, 3.8) is 0 Å². The van der Waals surface area contributed by atoms with Crippen LogP contribution < -0.4 is 0 Å². The van der Waals surface area contributed by atoms with E-state index in [0.717, 1.165) is 18.9 Å². The third kappa shape index (κ3) is 3.33. The first-order valence-electron chi connectivity index (χ1n) is 12.4. The van der Waals surface area contributed by atoms with Gasteiger partial charge in [-0.2, -0.15) is 0 Å². The van der Waals surface area contributed by atoms with Crippen LogP contribution in [0.25, 0.3) is 0 Å². The predicted octanol–water partition coefficient (Wildman–Crippen LogP) is 4.79. The molecule has 4 atom stereocenters.